The van der Waals surface area contributed by atoms with E-state index in [1.165, 1.54) is 7.11 Å². The molecule has 2 N–H and O–H groups in total. The monoisotopic (exact) mass is 527 g/mol. The zero-order valence-corrected chi connectivity index (χ0v) is 22.1. The van der Waals surface area contributed by atoms with E-state index in [4.69, 9.17) is 18.4 Å². The summed E-state index contributed by atoms with van der Waals surface area (Å²) < 4.78 is 35.4. The van der Waals surface area contributed by atoms with E-state index in [1.807, 2.05) is 25.1 Å². The summed E-state index contributed by atoms with van der Waals surface area (Å²) in [5.74, 6) is 5.20. The van der Waals surface area contributed by atoms with E-state index in [9.17, 15) is 14.1 Å². The van der Waals surface area contributed by atoms with Crippen LogP contribution in [0.2, 0.25) is 0 Å². The zero-order valence-electron chi connectivity index (χ0n) is 21.3. The molecule has 0 aromatic heterocycles. The van der Waals surface area contributed by atoms with Gasteiger partial charge in [0.1, 0.15) is 9.80 Å². The molecule has 3 rings (SSSR count). The number of methoxy groups -OCH3 is 2. The van der Waals surface area contributed by atoms with Crippen molar-refractivity contribution in [2.75, 3.05) is 27.4 Å². The van der Waals surface area contributed by atoms with Crippen LogP contribution < -0.4 is 23.7 Å². The largest absolute Gasteiger partial charge is 0.493 e. The molecule has 1 unspecified atom stereocenters. The van der Waals surface area contributed by atoms with Gasteiger partial charge in [-0.3, -0.25) is 4.79 Å². The van der Waals surface area contributed by atoms with Gasteiger partial charge in [-0.15, -0.1) is 0 Å². The lowest BCUT2D eigenvalue weighted by Gasteiger charge is -2.19. The molecule has 0 saturated carbocycles. The standard InChI is InChI=1S/C28H33NO7S/c1-5-35-24-13-11-20(17-26(24)34-3)15-16-29-27(31)18-21-12-14-25(33-2)28(23(21)19-30)36-37(4,32)22-9-7-6-8-10-22/h6-14,17,30H,4-5,15-16,18-19H2,1-3H3,(H,29,31). The molecule has 0 fully saturated rings. The highest BCUT2D eigenvalue weighted by Gasteiger charge is 2.21. The molecule has 37 heavy (non-hydrogen) atoms. The molecule has 198 valence electrons. The van der Waals surface area contributed by atoms with Gasteiger partial charge in [0.05, 0.1) is 38.7 Å². The summed E-state index contributed by atoms with van der Waals surface area (Å²) in [7, 11) is -0.163. The van der Waals surface area contributed by atoms with E-state index in [1.54, 1.807) is 49.6 Å². The minimum absolute atomic E-state index is 0.00742. The fourth-order valence-electron chi connectivity index (χ4n) is 3.77. The van der Waals surface area contributed by atoms with Crippen LogP contribution in [0, 0.1) is 0 Å². The van der Waals surface area contributed by atoms with Gasteiger partial charge in [0.15, 0.2) is 23.0 Å². The van der Waals surface area contributed by atoms with Gasteiger partial charge in [-0.25, -0.2) is 4.21 Å². The van der Waals surface area contributed by atoms with Gasteiger partial charge < -0.3 is 28.8 Å². The van der Waals surface area contributed by atoms with Gasteiger partial charge in [-0.05, 0) is 60.7 Å². The summed E-state index contributed by atoms with van der Waals surface area (Å²) in [6.07, 6.45) is 0.589. The first kappa shape index (κ1) is 27.9. The predicted molar refractivity (Wildman–Crippen MR) is 144 cm³/mol. The molecule has 0 aliphatic heterocycles. The summed E-state index contributed by atoms with van der Waals surface area (Å²) >= 11 is 0. The fraction of sp³-hybridized carbons (Fsp3) is 0.286. The second kappa shape index (κ2) is 13.0. The third kappa shape index (κ3) is 7.18. The number of benzene rings is 3. The third-order valence-corrected chi connectivity index (χ3v) is 7.06. The molecule has 9 heteroatoms. The molecule has 0 heterocycles. The summed E-state index contributed by atoms with van der Waals surface area (Å²) in [5, 5.41) is 13.0. The van der Waals surface area contributed by atoms with E-state index in [-0.39, 0.29) is 23.8 Å². The van der Waals surface area contributed by atoms with Crippen molar-refractivity contribution in [3.8, 4) is 23.0 Å². The Morgan fingerprint density at radius 3 is 2.35 bits per heavy atom. The van der Waals surface area contributed by atoms with Crippen molar-refractivity contribution in [2.24, 2.45) is 0 Å². The molecule has 0 spiro atoms. The van der Waals surface area contributed by atoms with E-state index >= 15 is 0 Å². The fourth-order valence-corrected chi connectivity index (χ4v) is 4.89. The van der Waals surface area contributed by atoms with Crippen LogP contribution in [-0.4, -0.2) is 48.5 Å². The first-order valence-electron chi connectivity index (χ1n) is 11.8. The number of rotatable bonds is 13. The lowest BCUT2D eigenvalue weighted by molar-refractivity contribution is -0.120. The molecule has 3 aromatic carbocycles. The number of nitrogens with one attached hydrogen (secondary N) is 1. The molecule has 0 radical (unpaired) electrons. The Hall–Kier alpha value is -3.69. The average Bonchev–Trinajstić information content (AvgIpc) is 2.90. The lowest BCUT2D eigenvalue weighted by atomic mass is 10.0. The normalized spacial score (nSPS) is 12.3. The maximum Gasteiger partial charge on any atom is 0.224 e. The van der Waals surface area contributed by atoms with Gasteiger partial charge in [0.2, 0.25) is 5.91 Å². The van der Waals surface area contributed by atoms with Crippen molar-refractivity contribution in [3.05, 3.63) is 77.4 Å². The van der Waals surface area contributed by atoms with Gasteiger partial charge in [-0.1, -0.05) is 30.3 Å². The number of hydrogen-bond acceptors (Lipinski definition) is 7. The molecule has 3 aromatic rings. The van der Waals surface area contributed by atoms with Crippen molar-refractivity contribution in [1.82, 2.24) is 5.32 Å². The Balaban J connectivity index is 1.71. The molecular weight excluding hydrogens is 494 g/mol. The Kier molecular flexibility index (Phi) is 9.82. The number of aliphatic hydroxyl groups is 1. The average molecular weight is 528 g/mol. The Morgan fingerprint density at radius 2 is 1.70 bits per heavy atom. The third-order valence-electron chi connectivity index (χ3n) is 5.63. The van der Waals surface area contributed by atoms with E-state index in [0.29, 0.717) is 47.1 Å². The molecule has 1 amide bonds. The minimum Gasteiger partial charge on any atom is -0.493 e. The van der Waals surface area contributed by atoms with E-state index in [2.05, 4.69) is 11.2 Å². The SMILES string of the molecule is C=S(=O)(Oc1c(OC)ccc(CC(=O)NCCc2ccc(OCC)c(OC)c2)c1CO)c1ccccc1. The Morgan fingerprint density at radius 1 is 1.00 bits per heavy atom. The number of carbonyl (C=O) groups is 1. The van der Waals surface area contributed by atoms with E-state index < -0.39 is 16.4 Å². The smallest absolute Gasteiger partial charge is 0.224 e. The number of carbonyl (C=O) groups excluding carboxylic acids is 1. The quantitative estimate of drug-likeness (QED) is 0.328. The zero-order chi connectivity index (χ0) is 26.8. The molecule has 0 bridgehead atoms. The Bertz CT molecular complexity index is 1310. The maximum absolute atomic E-state index is 13.2. The molecule has 0 saturated heterocycles. The number of amides is 1. The van der Waals surface area contributed by atoms with Crippen LogP contribution in [-0.2, 0) is 34.0 Å². The molecular formula is C28H33NO7S. The van der Waals surface area contributed by atoms with Crippen molar-refractivity contribution >= 4 is 21.6 Å². The highest BCUT2D eigenvalue weighted by atomic mass is 32.2. The highest BCUT2D eigenvalue weighted by Crippen LogP contribution is 2.36. The van der Waals surface area contributed by atoms with Crippen LogP contribution in [0.4, 0.5) is 0 Å². The molecule has 8 nitrogen and oxygen atoms in total. The van der Waals surface area contributed by atoms with Crippen LogP contribution in [0.3, 0.4) is 0 Å². The Labute approximate surface area is 218 Å². The van der Waals surface area contributed by atoms with Crippen molar-refractivity contribution in [3.63, 3.8) is 0 Å². The highest BCUT2D eigenvalue weighted by molar-refractivity contribution is 7.96. The van der Waals surface area contributed by atoms with Gasteiger partial charge in [0.25, 0.3) is 0 Å². The van der Waals surface area contributed by atoms with Gasteiger partial charge in [-0.2, -0.15) is 0 Å². The van der Waals surface area contributed by atoms with Crippen molar-refractivity contribution < 1.29 is 32.5 Å². The minimum atomic E-state index is -3.19. The summed E-state index contributed by atoms with van der Waals surface area (Å²) in [5.41, 5.74) is 1.84. The topological polar surface area (TPSA) is 103 Å². The van der Waals surface area contributed by atoms with Crippen LogP contribution in [0.1, 0.15) is 23.6 Å². The number of aliphatic hydroxyl groups excluding tert-OH is 1. The van der Waals surface area contributed by atoms with Crippen LogP contribution >= 0.6 is 0 Å². The van der Waals surface area contributed by atoms with Crippen LogP contribution in [0.25, 0.3) is 0 Å². The second-order valence-electron chi connectivity index (χ2n) is 8.10. The first-order valence-corrected chi connectivity index (χ1v) is 13.5. The van der Waals surface area contributed by atoms with E-state index in [0.717, 1.165) is 5.56 Å². The first-order chi connectivity index (χ1) is 17.8. The molecule has 0 aliphatic rings. The summed E-state index contributed by atoms with van der Waals surface area (Å²) in [6.45, 7) is 2.41. The lowest BCUT2D eigenvalue weighted by Crippen LogP contribution is -2.27. The van der Waals surface area contributed by atoms with Crippen molar-refractivity contribution in [1.29, 1.82) is 0 Å². The second-order valence-corrected chi connectivity index (χ2v) is 9.97. The maximum atomic E-state index is 13.2. The van der Waals surface area contributed by atoms with Gasteiger partial charge >= 0.3 is 0 Å². The molecule has 1 atom stereocenters. The van der Waals surface area contributed by atoms with Gasteiger partial charge in [0, 0.05) is 12.1 Å². The number of ether oxygens (including phenoxy) is 3. The summed E-state index contributed by atoms with van der Waals surface area (Å²) in [6, 6.07) is 17.5. The molecule has 0 aliphatic carbocycles. The van der Waals surface area contributed by atoms with Crippen molar-refractivity contribution in [2.45, 2.75) is 31.3 Å². The summed E-state index contributed by atoms with van der Waals surface area (Å²) in [4.78, 5) is 13.1. The van der Waals surface area contributed by atoms with Crippen LogP contribution in [0.5, 0.6) is 23.0 Å². The van der Waals surface area contributed by atoms with Crippen LogP contribution in [0.15, 0.2) is 65.6 Å². The predicted octanol–water partition coefficient (Wildman–Crippen LogP) is 3.57. The number of hydrogen-bond donors (Lipinski definition) is 2.